The summed E-state index contributed by atoms with van der Waals surface area (Å²) in [6, 6.07) is 5.17. The number of hydrogen-bond acceptors (Lipinski definition) is 5. The van der Waals surface area contributed by atoms with Gasteiger partial charge in [0, 0.05) is 24.8 Å². The molecule has 23 heavy (non-hydrogen) atoms. The molecule has 1 unspecified atom stereocenters. The SMILES string of the molecule is C=CCNCC(CC(=O)OC(C)(C)C)Nc1ccc(N)c(Cl)c1. The van der Waals surface area contributed by atoms with E-state index in [1.165, 1.54) is 0 Å². The maximum absolute atomic E-state index is 12.1. The standard InChI is InChI=1S/C17H26ClN3O2/c1-5-8-20-11-13(10-16(22)23-17(2,3)4)21-12-6-7-15(19)14(18)9-12/h5-7,9,13,20-21H,1,8,10-11,19H2,2-4H3. The third-order valence-corrected chi connectivity index (χ3v) is 3.21. The van der Waals surface area contributed by atoms with Crippen LogP contribution in [0.25, 0.3) is 0 Å². The second kappa shape index (κ2) is 8.79. The Labute approximate surface area is 143 Å². The van der Waals surface area contributed by atoms with E-state index in [0.717, 1.165) is 5.69 Å². The van der Waals surface area contributed by atoms with Crippen LogP contribution in [-0.2, 0) is 9.53 Å². The van der Waals surface area contributed by atoms with Crippen molar-refractivity contribution in [3.05, 3.63) is 35.9 Å². The largest absolute Gasteiger partial charge is 0.460 e. The topological polar surface area (TPSA) is 76.4 Å². The molecule has 0 radical (unpaired) electrons. The smallest absolute Gasteiger partial charge is 0.308 e. The number of nitrogens with two attached hydrogens (primary N) is 1. The average Bonchev–Trinajstić information content (AvgIpc) is 2.41. The summed E-state index contributed by atoms with van der Waals surface area (Å²) < 4.78 is 5.38. The first-order valence-corrected chi connectivity index (χ1v) is 7.94. The van der Waals surface area contributed by atoms with E-state index in [9.17, 15) is 4.79 Å². The molecule has 0 amide bonds. The van der Waals surface area contributed by atoms with Crippen LogP contribution in [0.3, 0.4) is 0 Å². The molecule has 0 saturated heterocycles. The van der Waals surface area contributed by atoms with Crippen molar-refractivity contribution in [3.63, 3.8) is 0 Å². The van der Waals surface area contributed by atoms with Crippen molar-refractivity contribution in [2.24, 2.45) is 0 Å². The summed E-state index contributed by atoms with van der Waals surface area (Å²) >= 11 is 6.03. The van der Waals surface area contributed by atoms with Crippen LogP contribution in [-0.4, -0.2) is 30.7 Å². The van der Waals surface area contributed by atoms with Crippen molar-refractivity contribution in [3.8, 4) is 0 Å². The van der Waals surface area contributed by atoms with E-state index in [2.05, 4.69) is 17.2 Å². The number of halogens is 1. The Morgan fingerprint density at radius 3 is 2.74 bits per heavy atom. The maximum atomic E-state index is 12.1. The summed E-state index contributed by atoms with van der Waals surface area (Å²) in [6.07, 6.45) is 2.01. The van der Waals surface area contributed by atoms with Crippen LogP contribution in [0, 0.1) is 0 Å². The normalized spacial score (nSPS) is 12.5. The molecule has 4 N–H and O–H groups in total. The predicted octanol–water partition coefficient (Wildman–Crippen LogP) is 3.21. The molecule has 0 bridgehead atoms. The number of carbonyl (C=O) groups excluding carboxylic acids is 1. The Bertz CT molecular complexity index is 541. The molecular formula is C17H26ClN3O2. The lowest BCUT2D eigenvalue weighted by molar-refractivity contribution is -0.155. The van der Waals surface area contributed by atoms with Gasteiger partial charge in [-0.2, -0.15) is 0 Å². The van der Waals surface area contributed by atoms with Crippen LogP contribution < -0.4 is 16.4 Å². The number of hydrogen-bond donors (Lipinski definition) is 3. The Morgan fingerprint density at radius 1 is 1.48 bits per heavy atom. The zero-order chi connectivity index (χ0) is 17.5. The van der Waals surface area contributed by atoms with Crippen molar-refractivity contribution in [1.82, 2.24) is 5.32 Å². The molecule has 128 valence electrons. The summed E-state index contributed by atoms with van der Waals surface area (Å²) in [7, 11) is 0. The minimum atomic E-state index is -0.499. The number of rotatable bonds is 8. The molecule has 0 aliphatic heterocycles. The number of esters is 1. The Morgan fingerprint density at radius 2 is 2.17 bits per heavy atom. The van der Waals surface area contributed by atoms with Crippen molar-refractivity contribution in [2.45, 2.75) is 38.8 Å². The van der Waals surface area contributed by atoms with E-state index in [1.54, 1.807) is 18.2 Å². The summed E-state index contributed by atoms with van der Waals surface area (Å²) in [5.41, 5.74) is 6.53. The Balaban J connectivity index is 2.72. The molecule has 1 aromatic carbocycles. The molecule has 5 nitrogen and oxygen atoms in total. The third kappa shape index (κ3) is 7.90. The number of nitrogens with one attached hydrogen (secondary N) is 2. The molecular weight excluding hydrogens is 314 g/mol. The first-order chi connectivity index (χ1) is 10.7. The molecule has 0 aliphatic carbocycles. The highest BCUT2D eigenvalue weighted by atomic mass is 35.5. The fourth-order valence-electron chi connectivity index (χ4n) is 1.97. The van der Waals surface area contributed by atoms with E-state index in [1.807, 2.05) is 26.8 Å². The van der Waals surface area contributed by atoms with Gasteiger partial charge in [0.15, 0.2) is 0 Å². The molecule has 1 atom stereocenters. The molecule has 0 saturated carbocycles. The van der Waals surface area contributed by atoms with Crippen LogP contribution in [0.2, 0.25) is 5.02 Å². The third-order valence-electron chi connectivity index (χ3n) is 2.88. The quantitative estimate of drug-likeness (QED) is 0.293. The lowest BCUT2D eigenvalue weighted by Crippen LogP contribution is -2.36. The predicted molar refractivity (Wildman–Crippen MR) is 96.8 cm³/mol. The van der Waals surface area contributed by atoms with Crippen LogP contribution in [0.1, 0.15) is 27.2 Å². The van der Waals surface area contributed by atoms with Gasteiger partial charge in [-0.05, 0) is 39.0 Å². The Hall–Kier alpha value is -1.72. The summed E-state index contributed by atoms with van der Waals surface area (Å²) in [5, 5.41) is 6.97. The van der Waals surface area contributed by atoms with E-state index in [4.69, 9.17) is 22.1 Å². The van der Waals surface area contributed by atoms with Crippen LogP contribution in [0.4, 0.5) is 11.4 Å². The highest BCUT2D eigenvalue weighted by molar-refractivity contribution is 6.33. The molecule has 1 rings (SSSR count). The monoisotopic (exact) mass is 339 g/mol. The Kier molecular flexibility index (Phi) is 7.39. The van der Waals surface area contributed by atoms with Gasteiger partial charge < -0.3 is 21.1 Å². The van der Waals surface area contributed by atoms with Crippen molar-refractivity contribution in [1.29, 1.82) is 0 Å². The second-order valence-electron chi connectivity index (χ2n) is 6.32. The molecule has 0 aromatic heterocycles. The number of anilines is 2. The maximum Gasteiger partial charge on any atom is 0.308 e. The molecule has 1 aromatic rings. The van der Waals surface area contributed by atoms with Crippen LogP contribution >= 0.6 is 11.6 Å². The highest BCUT2D eigenvalue weighted by Gasteiger charge is 2.20. The lowest BCUT2D eigenvalue weighted by Gasteiger charge is -2.24. The summed E-state index contributed by atoms with van der Waals surface area (Å²) in [4.78, 5) is 12.1. The van der Waals surface area contributed by atoms with Gasteiger partial charge in [-0.1, -0.05) is 17.7 Å². The number of benzene rings is 1. The van der Waals surface area contributed by atoms with E-state index < -0.39 is 5.60 Å². The van der Waals surface area contributed by atoms with E-state index in [-0.39, 0.29) is 18.4 Å². The van der Waals surface area contributed by atoms with Crippen molar-refractivity contribution < 1.29 is 9.53 Å². The minimum Gasteiger partial charge on any atom is -0.460 e. The van der Waals surface area contributed by atoms with Gasteiger partial charge in [0.05, 0.1) is 17.1 Å². The number of ether oxygens (including phenoxy) is 1. The average molecular weight is 340 g/mol. The molecule has 0 spiro atoms. The fourth-order valence-corrected chi connectivity index (χ4v) is 2.15. The van der Waals surface area contributed by atoms with E-state index in [0.29, 0.717) is 23.8 Å². The van der Waals surface area contributed by atoms with Gasteiger partial charge in [0.2, 0.25) is 0 Å². The van der Waals surface area contributed by atoms with Gasteiger partial charge >= 0.3 is 5.97 Å². The first kappa shape index (κ1) is 19.3. The lowest BCUT2D eigenvalue weighted by atomic mass is 10.1. The van der Waals surface area contributed by atoms with Gasteiger partial charge in [-0.25, -0.2) is 0 Å². The van der Waals surface area contributed by atoms with Gasteiger partial charge in [-0.3, -0.25) is 4.79 Å². The van der Waals surface area contributed by atoms with Crippen molar-refractivity contribution >= 4 is 28.9 Å². The summed E-state index contributed by atoms with van der Waals surface area (Å²) in [6.45, 7) is 10.5. The molecule has 0 heterocycles. The number of nitrogen functional groups attached to an aromatic ring is 1. The van der Waals surface area contributed by atoms with Crippen LogP contribution in [0.15, 0.2) is 30.9 Å². The van der Waals surface area contributed by atoms with Crippen molar-refractivity contribution in [2.75, 3.05) is 24.1 Å². The zero-order valence-electron chi connectivity index (χ0n) is 14.0. The van der Waals surface area contributed by atoms with Gasteiger partial charge in [0.1, 0.15) is 5.60 Å². The van der Waals surface area contributed by atoms with Crippen LogP contribution in [0.5, 0.6) is 0 Å². The van der Waals surface area contributed by atoms with Gasteiger partial charge in [0.25, 0.3) is 0 Å². The summed E-state index contributed by atoms with van der Waals surface area (Å²) in [5.74, 6) is -0.253. The van der Waals surface area contributed by atoms with Gasteiger partial charge in [-0.15, -0.1) is 6.58 Å². The van der Waals surface area contributed by atoms with E-state index >= 15 is 0 Å². The zero-order valence-corrected chi connectivity index (χ0v) is 14.7. The minimum absolute atomic E-state index is 0.135. The number of carbonyl (C=O) groups is 1. The second-order valence-corrected chi connectivity index (χ2v) is 6.72. The molecule has 6 heteroatoms. The fraction of sp³-hybridized carbons (Fsp3) is 0.471. The highest BCUT2D eigenvalue weighted by Crippen LogP contribution is 2.23. The first-order valence-electron chi connectivity index (χ1n) is 7.56. The molecule has 0 aliphatic rings. The molecule has 0 fully saturated rings.